The van der Waals surface area contributed by atoms with Crippen molar-refractivity contribution >= 4 is 27.7 Å². The predicted molar refractivity (Wildman–Crippen MR) is 85.0 cm³/mol. The molecule has 0 aromatic heterocycles. The van der Waals surface area contributed by atoms with Crippen LogP contribution in [0.4, 0.5) is 0 Å². The van der Waals surface area contributed by atoms with Gasteiger partial charge in [0.15, 0.2) is 0 Å². The average molecular weight is 328 g/mol. The van der Waals surface area contributed by atoms with E-state index in [-0.39, 0.29) is 0 Å². The third-order valence-corrected chi connectivity index (χ3v) is 5.38. The van der Waals surface area contributed by atoms with Crippen LogP contribution in [-0.2, 0) is 0 Å². The first-order valence-electron chi connectivity index (χ1n) is 6.74. The summed E-state index contributed by atoms with van der Waals surface area (Å²) >= 11 is 5.55. The number of alkyl halides is 1. The van der Waals surface area contributed by atoms with Crippen molar-refractivity contribution in [2.24, 2.45) is 0 Å². The molecule has 0 bridgehead atoms. The second-order valence-electron chi connectivity index (χ2n) is 5.18. The predicted octanol–water partition coefficient (Wildman–Crippen LogP) is 4.37. The fourth-order valence-electron chi connectivity index (χ4n) is 2.49. The molecule has 2 rings (SSSR count). The quantitative estimate of drug-likeness (QED) is 0.713. The summed E-state index contributed by atoms with van der Waals surface area (Å²) < 4.78 is 0. The molecule has 0 saturated carbocycles. The van der Waals surface area contributed by atoms with Gasteiger partial charge in [-0.05, 0) is 38.4 Å². The molecule has 1 aliphatic heterocycles. The number of hydrogen-bond acceptors (Lipinski definition) is 2. The van der Waals surface area contributed by atoms with Gasteiger partial charge < -0.3 is 4.90 Å². The van der Waals surface area contributed by atoms with Crippen molar-refractivity contribution < 1.29 is 0 Å². The van der Waals surface area contributed by atoms with Crippen LogP contribution < -0.4 is 0 Å². The molecule has 0 saturated heterocycles. The van der Waals surface area contributed by atoms with Gasteiger partial charge in [-0.1, -0.05) is 34.1 Å². The minimum absolute atomic E-state index is 0.641. The SMILES string of the molecule is CC(C)N(CCCBr)CC1CSc2ccccc21. The molecule has 0 spiro atoms. The Labute approximate surface area is 123 Å². The summed E-state index contributed by atoms with van der Waals surface area (Å²) in [4.78, 5) is 4.11. The molecule has 1 aromatic carbocycles. The summed E-state index contributed by atoms with van der Waals surface area (Å²) in [5, 5.41) is 1.10. The Morgan fingerprint density at radius 3 is 2.89 bits per heavy atom. The van der Waals surface area contributed by atoms with E-state index in [1.165, 1.54) is 30.2 Å². The highest BCUT2D eigenvalue weighted by Gasteiger charge is 2.25. The van der Waals surface area contributed by atoms with Crippen LogP contribution in [0.25, 0.3) is 0 Å². The number of fused-ring (bicyclic) bond motifs is 1. The first kappa shape index (κ1) is 14.4. The molecule has 0 amide bonds. The summed E-state index contributed by atoms with van der Waals surface area (Å²) in [5.41, 5.74) is 1.56. The Morgan fingerprint density at radius 2 is 2.17 bits per heavy atom. The minimum Gasteiger partial charge on any atom is -0.300 e. The van der Waals surface area contributed by atoms with E-state index in [2.05, 4.69) is 58.9 Å². The van der Waals surface area contributed by atoms with Gasteiger partial charge in [-0.25, -0.2) is 0 Å². The lowest BCUT2D eigenvalue weighted by Crippen LogP contribution is -2.35. The summed E-state index contributed by atoms with van der Waals surface area (Å²) in [7, 11) is 0. The third-order valence-electron chi connectivity index (χ3n) is 3.56. The van der Waals surface area contributed by atoms with Crippen LogP contribution >= 0.6 is 27.7 Å². The monoisotopic (exact) mass is 327 g/mol. The van der Waals surface area contributed by atoms with Crippen molar-refractivity contribution in [2.45, 2.75) is 37.1 Å². The van der Waals surface area contributed by atoms with E-state index >= 15 is 0 Å². The van der Waals surface area contributed by atoms with Crippen molar-refractivity contribution in [1.82, 2.24) is 4.90 Å². The molecule has 3 heteroatoms. The van der Waals surface area contributed by atoms with Crippen molar-refractivity contribution in [3.63, 3.8) is 0 Å². The van der Waals surface area contributed by atoms with Gasteiger partial charge in [-0.15, -0.1) is 11.8 Å². The lowest BCUT2D eigenvalue weighted by Gasteiger charge is -2.29. The molecular formula is C15H22BrNS. The maximum atomic E-state index is 3.53. The number of thioether (sulfide) groups is 1. The zero-order chi connectivity index (χ0) is 13.0. The minimum atomic E-state index is 0.641. The molecule has 0 fully saturated rings. The van der Waals surface area contributed by atoms with Crippen LogP contribution in [0, 0.1) is 0 Å². The zero-order valence-electron chi connectivity index (χ0n) is 11.2. The van der Waals surface area contributed by atoms with Gasteiger partial charge in [0.25, 0.3) is 0 Å². The molecule has 0 N–H and O–H groups in total. The van der Waals surface area contributed by atoms with Gasteiger partial charge in [0.1, 0.15) is 0 Å². The fraction of sp³-hybridized carbons (Fsp3) is 0.600. The summed E-state index contributed by atoms with van der Waals surface area (Å²) in [6, 6.07) is 9.54. The van der Waals surface area contributed by atoms with Gasteiger partial charge in [0.05, 0.1) is 0 Å². The molecule has 100 valence electrons. The van der Waals surface area contributed by atoms with Crippen LogP contribution in [-0.4, -0.2) is 35.1 Å². The highest BCUT2D eigenvalue weighted by atomic mass is 79.9. The number of hydrogen-bond donors (Lipinski definition) is 0. The average Bonchev–Trinajstić information content (AvgIpc) is 2.77. The van der Waals surface area contributed by atoms with Crippen molar-refractivity contribution in [3.8, 4) is 0 Å². The van der Waals surface area contributed by atoms with E-state index in [4.69, 9.17) is 0 Å². The Balaban J connectivity index is 2.00. The van der Waals surface area contributed by atoms with E-state index in [1.54, 1.807) is 5.56 Å². The van der Waals surface area contributed by atoms with E-state index in [0.29, 0.717) is 12.0 Å². The third kappa shape index (κ3) is 3.52. The number of rotatable bonds is 6. The molecule has 1 aromatic rings. The Bertz CT molecular complexity index is 381. The van der Waals surface area contributed by atoms with Crippen molar-refractivity contribution in [3.05, 3.63) is 29.8 Å². The van der Waals surface area contributed by atoms with E-state index in [1.807, 2.05) is 11.8 Å². The van der Waals surface area contributed by atoms with Crippen LogP contribution in [0.15, 0.2) is 29.2 Å². The molecule has 1 heterocycles. The molecule has 0 aliphatic carbocycles. The zero-order valence-corrected chi connectivity index (χ0v) is 13.6. The van der Waals surface area contributed by atoms with Gasteiger partial charge in [-0.3, -0.25) is 0 Å². The van der Waals surface area contributed by atoms with Crippen molar-refractivity contribution in [2.75, 3.05) is 24.2 Å². The first-order chi connectivity index (χ1) is 8.72. The summed E-state index contributed by atoms with van der Waals surface area (Å²) in [6.45, 7) is 7.02. The lowest BCUT2D eigenvalue weighted by atomic mass is 10.00. The highest BCUT2D eigenvalue weighted by Crippen LogP contribution is 2.39. The Hall–Kier alpha value is 0.0100. The van der Waals surface area contributed by atoms with Crippen LogP contribution in [0.2, 0.25) is 0 Å². The molecule has 18 heavy (non-hydrogen) atoms. The second kappa shape index (κ2) is 6.97. The summed E-state index contributed by atoms with van der Waals surface area (Å²) in [6.07, 6.45) is 1.24. The van der Waals surface area contributed by atoms with Gasteiger partial charge in [0.2, 0.25) is 0 Å². The van der Waals surface area contributed by atoms with Crippen LogP contribution in [0.1, 0.15) is 31.7 Å². The topological polar surface area (TPSA) is 3.24 Å². The Kier molecular flexibility index (Phi) is 5.58. The lowest BCUT2D eigenvalue weighted by molar-refractivity contribution is 0.213. The summed E-state index contributed by atoms with van der Waals surface area (Å²) in [5.74, 6) is 1.96. The molecule has 1 nitrogen and oxygen atoms in total. The van der Waals surface area contributed by atoms with Crippen molar-refractivity contribution in [1.29, 1.82) is 0 Å². The number of benzene rings is 1. The largest absolute Gasteiger partial charge is 0.300 e. The van der Waals surface area contributed by atoms with E-state index in [9.17, 15) is 0 Å². The van der Waals surface area contributed by atoms with Crippen LogP contribution in [0.3, 0.4) is 0 Å². The second-order valence-corrected chi connectivity index (χ2v) is 7.03. The first-order valence-corrected chi connectivity index (χ1v) is 8.85. The highest BCUT2D eigenvalue weighted by molar-refractivity contribution is 9.09. The molecule has 0 radical (unpaired) electrons. The standard InChI is InChI=1S/C15H22BrNS/c1-12(2)17(9-5-8-16)10-13-11-18-15-7-4-3-6-14(13)15/h3-4,6-7,12-13H,5,8-11H2,1-2H3. The smallest absolute Gasteiger partial charge is 0.0108 e. The molecule has 1 aliphatic rings. The maximum absolute atomic E-state index is 3.53. The number of halogens is 1. The van der Waals surface area contributed by atoms with E-state index < -0.39 is 0 Å². The molecular weight excluding hydrogens is 306 g/mol. The maximum Gasteiger partial charge on any atom is 0.0108 e. The normalized spacial score (nSPS) is 18.6. The van der Waals surface area contributed by atoms with Gasteiger partial charge >= 0.3 is 0 Å². The molecule has 1 unspecified atom stereocenters. The fourth-order valence-corrected chi connectivity index (χ4v) is 3.98. The van der Waals surface area contributed by atoms with Crippen LogP contribution in [0.5, 0.6) is 0 Å². The van der Waals surface area contributed by atoms with Gasteiger partial charge in [0, 0.05) is 34.5 Å². The van der Waals surface area contributed by atoms with E-state index in [0.717, 1.165) is 5.33 Å². The molecule has 1 atom stereocenters. The van der Waals surface area contributed by atoms with Gasteiger partial charge in [-0.2, -0.15) is 0 Å². The Morgan fingerprint density at radius 1 is 1.39 bits per heavy atom. The number of nitrogens with zero attached hydrogens (tertiary/aromatic N) is 1.